The third-order valence-electron chi connectivity index (χ3n) is 5.90. The molecule has 8 heteroatoms. The number of phenols is 2. The molecule has 0 spiro atoms. The van der Waals surface area contributed by atoms with E-state index in [9.17, 15) is 20.4 Å². The molecule has 30 heavy (non-hydrogen) atoms. The van der Waals surface area contributed by atoms with Gasteiger partial charge in [-0.1, -0.05) is 0 Å². The van der Waals surface area contributed by atoms with E-state index in [-0.39, 0.29) is 59.5 Å². The molecule has 0 bridgehead atoms. The normalized spacial score (nSPS) is 20.4. The third-order valence-corrected chi connectivity index (χ3v) is 5.90. The second-order valence-electron chi connectivity index (χ2n) is 7.28. The standard InChI is InChI=1S/C22H28O8/c1-27-15-7-12(8-16(28-2)20(15)25)18-14(10-24)13(9-23)5-11-6-17(29-3)21(26)22(30-4)19(11)18/h6-8,13-14,18,23-26H,5,9-10H2,1-4H3/t13-,14+,18-/m1/s1. The minimum Gasteiger partial charge on any atom is -0.502 e. The first-order valence-corrected chi connectivity index (χ1v) is 9.58. The van der Waals surface area contributed by atoms with Crippen molar-refractivity contribution in [3.63, 3.8) is 0 Å². The number of aromatic hydroxyl groups is 2. The SMILES string of the molecule is COc1cc([C@H]2c3c(cc(OC)c(O)c3OC)C[C@H](CO)[C@@H]2CO)cc(OC)c1O. The van der Waals surface area contributed by atoms with Gasteiger partial charge in [-0.25, -0.2) is 0 Å². The molecular weight excluding hydrogens is 392 g/mol. The Kier molecular flexibility index (Phi) is 6.48. The van der Waals surface area contributed by atoms with E-state index in [1.165, 1.54) is 28.4 Å². The zero-order valence-electron chi connectivity index (χ0n) is 17.5. The smallest absolute Gasteiger partial charge is 0.201 e. The Balaban J connectivity index is 2.34. The topological polar surface area (TPSA) is 118 Å². The molecule has 2 aromatic carbocycles. The van der Waals surface area contributed by atoms with E-state index in [1.54, 1.807) is 18.2 Å². The molecule has 1 aliphatic carbocycles. The van der Waals surface area contributed by atoms with Crippen molar-refractivity contribution >= 4 is 0 Å². The van der Waals surface area contributed by atoms with Crippen molar-refractivity contribution in [1.82, 2.24) is 0 Å². The first kappa shape index (κ1) is 21.9. The monoisotopic (exact) mass is 420 g/mol. The molecule has 0 saturated heterocycles. The van der Waals surface area contributed by atoms with Crippen molar-refractivity contribution < 1.29 is 39.4 Å². The number of hydrogen-bond acceptors (Lipinski definition) is 8. The van der Waals surface area contributed by atoms with Crippen LogP contribution in [0.25, 0.3) is 0 Å². The van der Waals surface area contributed by atoms with Crippen LogP contribution >= 0.6 is 0 Å². The lowest BCUT2D eigenvalue weighted by atomic mass is 9.66. The Labute approximate surface area is 175 Å². The van der Waals surface area contributed by atoms with Gasteiger partial charge in [0.15, 0.2) is 23.0 Å². The van der Waals surface area contributed by atoms with E-state index in [2.05, 4.69) is 0 Å². The first-order valence-electron chi connectivity index (χ1n) is 9.58. The average Bonchev–Trinajstić information content (AvgIpc) is 2.77. The summed E-state index contributed by atoms with van der Waals surface area (Å²) in [5, 5.41) is 41.3. The van der Waals surface area contributed by atoms with Crippen LogP contribution in [-0.4, -0.2) is 62.1 Å². The third kappa shape index (κ3) is 3.46. The van der Waals surface area contributed by atoms with Crippen molar-refractivity contribution in [3.8, 4) is 34.5 Å². The molecule has 0 fully saturated rings. The van der Waals surface area contributed by atoms with Gasteiger partial charge < -0.3 is 39.4 Å². The Morgan fingerprint density at radius 1 is 0.800 bits per heavy atom. The Bertz CT molecular complexity index is 885. The number of methoxy groups -OCH3 is 4. The summed E-state index contributed by atoms with van der Waals surface area (Å²) in [5.41, 5.74) is 2.21. The first-order chi connectivity index (χ1) is 14.4. The molecule has 0 aromatic heterocycles. The number of aliphatic hydroxyl groups is 2. The summed E-state index contributed by atoms with van der Waals surface area (Å²) in [6.45, 7) is -0.324. The van der Waals surface area contributed by atoms with Gasteiger partial charge in [-0.2, -0.15) is 0 Å². The molecule has 0 radical (unpaired) electrons. The van der Waals surface area contributed by atoms with Crippen molar-refractivity contribution in [1.29, 1.82) is 0 Å². The summed E-state index contributed by atoms with van der Waals surface area (Å²) in [6.07, 6.45) is 0.479. The number of hydrogen-bond donors (Lipinski definition) is 4. The largest absolute Gasteiger partial charge is 0.502 e. The molecule has 0 amide bonds. The van der Waals surface area contributed by atoms with Crippen molar-refractivity contribution in [2.45, 2.75) is 12.3 Å². The van der Waals surface area contributed by atoms with Gasteiger partial charge in [0.25, 0.3) is 0 Å². The second-order valence-corrected chi connectivity index (χ2v) is 7.28. The Morgan fingerprint density at radius 2 is 1.37 bits per heavy atom. The lowest BCUT2D eigenvalue weighted by Crippen LogP contribution is -2.35. The second kappa shape index (κ2) is 8.89. The van der Waals surface area contributed by atoms with Crippen molar-refractivity contribution in [2.24, 2.45) is 11.8 Å². The predicted molar refractivity (Wildman–Crippen MR) is 109 cm³/mol. The van der Waals surface area contributed by atoms with E-state index in [0.29, 0.717) is 17.5 Å². The van der Waals surface area contributed by atoms with Crippen LogP contribution in [0.15, 0.2) is 18.2 Å². The molecule has 2 aromatic rings. The molecule has 0 saturated carbocycles. The van der Waals surface area contributed by atoms with Crippen LogP contribution in [0, 0.1) is 11.8 Å². The zero-order chi connectivity index (χ0) is 22.0. The number of rotatable bonds is 7. The lowest BCUT2D eigenvalue weighted by Gasteiger charge is -2.39. The van der Waals surface area contributed by atoms with Gasteiger partial charge in [0.1, 0.15) is 0 Å². The van der Waals surface area contributed by atoms with Crippen LogP contribution in [0.2, 0.25) is 0 Å². The van der Waals surface area contributed by atoms with Crippen molar-refractivity contribution in [3.05, 3.63) is 34.9 Å². The highest BCUT2D eigenvalue weighted by Gasteiger charge is 2.41. The van der Waals surface area contributed by atoms with Crippen LogP contribution in [0.5, 0.6) is 34.5 Å². The van der Waals surface area contributed by atoms with E-state index in [0.717, 1.165) is 5.56 Å². The van der Waals surface area contributed by atoms with Gasteiger partial charge in [-0.3, -0.25) is 0 Å². The molecule has 164 valence electrons. The van der Waals surface area contributed by atoms with Gasteiger partial charge in [0, 0.05) is 24.7 Å². The molecule has 0 aliphatic heterocycles. The Morgan fingerprint density at radius 3 is 1.83 bits per heavy atom. The molecule has 0 unspecified atom stereocenters. The minimum absolute atomic E-state index is 0.126. The van der Waals surface area contributed by atoms with Gasteiger partial charge in [0.05, 0.1) is 28.4 Å². The van der Waals surface area contributed by atoms with E-state index < -0.39 is 5.92 Å². The number of phenolic OH excluding ortho intramolecular Hbond substituents is 2. The van der Waals surface area contributed by atoms with Crippen LogP contribution in [0.4, 0.5) is 0 Å². The van der Waals surface area contributed by atoms with Gasteiger partial charge in [0.2, 0.25) is 11.5 Å². The highest BCUT2D eigenvalue weighted by atomic mass is 16.5. The zero-order valence-corrected chi connectivity index (χ0v) is 17.5. The molecular formula is C22H28O8. The summed E-state index contributed by atoms with van der Waals surface area (Å²) in [4.78, 5) is 0. The number of fused-ring (bicyclic) bond motifs is 1. The predicted octanol–water partition coefficient (Wildman–Crippen LogP) is 2.04. The molecule has 4 N–H and O–H groups in total. The minimum atomic E-state index is -0.467. The molecule has 0 heterocycles. The fourth-order valence-corrected chi connectivity index (χ4v) is 4.44. The average molecular weight is 420 g/mol. The number of benzene rings is 2. The maximum Gasteiger partial charge on any atom is 0.201 e. The van der Waals surface area contributed by atoms with Gasteiger partial charge in [-0.05, 0) is 47.6 Å². The van der Waals surface area contributed by atoms with Crippen LogP contribution in [-0.2, 0) is 6.42 Å². The maximum atomic E-state index is 10.7. The van der Waals surface area contributed by atoms with E-state index >= 15 is 0 Å². The quantitative estimate of drug-likeness (QED) is 0.538. The number of aliphatic hydroxyl groups excluding tert-OH is 2. The highest BCUT2D eigenvalue weighted by Crippen LogP contribution is 2.54. The summed E-state index contributed by atoms with van der Waals surface area (Å²) < 4.78 is 21.4. The van der Waals surface area contributed by atoms with E-state index in [4.69, 9.17) is 18.9 Å². The highest BCUT2D eigenvalue weighted by molar-refractivity contribution is 5.64. The van der Waals surface area contributed by atoms with Crippen LogP contribution in [0.1, 0.15) is 22.6 Å². The number of ether oxygens (including phenoxy) is 4. The fraction of sp³-hybridized carbons (Fsp3) is 0.455. The summed E-state index contributed by atoms with van der Waals surface area (Å²) >= 11 is 0. The molecule has 3 atom stereocenters. The van der Waals surface area contributed by atoms with Crippen LogP contribution in [0.3, 0.4) is 0 Å². The molecule has 8 nitrogen and oxygen atoms in total. The molecule has 1 aliphatic rings. The van der Waals surface area contributed by atoms with Crippen LogP contribution < -0.4 is 18.9 Å². The van der Waals surface area contributed by atoms with E-state index in [1.807, 2.05) is 0 Å². The maximum absolute atomic E-state index is 10.7. The summed E-state index contributed by atoms with van der Waals surface area (Å²) in [7, 11) is 5.78. The van der Waals surface area contributed by atoms with Gasteiger partial charge >= 0.3 is 0 Å². The summed E-state index contributed by atoms with van der Waals surface area (Å²) in [5.74, 6) is -0.411. The van der Waals surface area contributed by atoms with Crippen molar-refractivity contribution in [2.75, 3.05) is 41.7 Å². The molecule has 3 rings (SSSR count). The lowest BCUT2D eigenvalue weighted by molar-refractivity contribution is 0.0999. The fourth-order valence-electron chi connectivity index (χ4n) is 4.44. The van der Waals surface area contributed by atoms with Gasteiger partial charge in [-0.15, -0.1) is 0 Å². The Hall–Kier alpha value is -2.84. The summed E-state index contributed by atoms with van der Waals surface area (Å²) in [6, 6.07) is 5.05.